The molecule has 0 aliphatic rings. The van der Waals surface area contributed by atoms with Gasteiger partial charge in [0.15, 0.2) is 0 Å². The molecule has 0 spiro atoms. The summed E-state index contributed by atoms with van der Waals surface area (Å²) in [6.45, 7) is 8.30. The molecule has 0 fully saturated rings. The summed E-state index contributed by atoms with van der Waals surface area (Å²) in [6.07, 6.45) is 6.28. The number of hydrogen-bond donors (Lipinski definition) is 3. The van der Waals surface area contributed by atoms with Crippen LogP contribution in [-0.4, -0.2) is 37.9 Å². The van der Waals surface area contributed by atoms with Crippen LogP contribution in [0.5, 0.6) is 11.5 Å². The van der Waals surface area contributed by atoms with Crippen molar-refractivity contribution in [3.05, 3.63) is 113 Å². The number of rotatable bonds is 12. The van der Waals surface area contributed by atoms with Gasteiger partial charge in [-0.1, -0.05) is 43.7 Å². The second-order valence-corrected chi connectivity index (χ2v) is 11.8. The van der Waals surface area contributed by atoms with Crippen LogP contribution >= 0.6 is 0 Å². The van der Waals surface area contributed by atoms with E-state index in [1.165, 1.54) is 0 Å². The predicted molar refractivity (Wildman–Crippen MR) is 193 cm³/mol. The number of nitrogens with zero attached hydrogens (tertiary/aromatic N) is 5. The molecule has 250 valence electrons. The van der Waals surface area contributed by atoms with Gasteiger partial charge in [-0.2, -0.15) is 5.10 Å². The Morgan fingerprint density at radius 1 is 0.857 bits per heavy atom. The van der Waals surface area contributed by atoms with Crippen molar-refractivity contribution in [3.8, 4) is 17.2 Å². The van der Waals surface area contributed by atoms with Gasteiger partial charge in [-0.15, -0.1) is 0 Å². The lowest BCUT2D eigenvalue weighted by Crippen LogP contribution is -2.21. The van der Waals surface area contributed by atoms with E-state index in [1.807, 2.05) is 93.6 Å². The Kier molecular flexibility index (Phi) is 9.99. The highest BCUT2D eigenvalue weighted by Crippen LogP contribution is 2.33. The molecule has 0 saturated heterocycles. The number of hydrogen-bond acceptors (Lipinski definition) is 8. The minimum atomic E-state index is -0.383. The third kappa shape index (κ3) is 7.78. The van der Waals surface area contributed by atoms with Crippen molar-refractivity contribution < 1.29 is 14.3 Å². The van der Waals surface area contributed by atoms with E-state index in [4.69, 9.17) is 14.6 Å². The fourth-order valence-corrected chi connectivity index (χ4v) is 5.44. The van der Waals surface area contributed by atoms with E-state index in [2.05, 4.69) is 37.8 Å². The Morgan fingerprint density at radius 2 is 1.69 bits per heavy atom. The average molecular weight is 657 g/mol. The Bertz CT molecular complexity index is 2110. The number of unbranched alkanes of at least 4 members (excludes halogenated alkanes) is 1. The monoisotopic (exact) mass is 656 g/mol. The predicted octanol–water partition coefficient (Wildman–Crippen LogP) is 8.45. The summed E-state index contributed by atoms with van der Waals surface area (Å²) in [7, 11) is 1.64. The number of anilines is 4. The molecule has 11 nitrogen and oxygen atoms in total. The number of aromatic nitrogens is 5. The molecular weight excluding hydrogens is 616 g/mol. The summed E-state index contributed by atoms with van der Waals surface area (Å²) in [5.74, 6) is 3.29. The number of nitrogens with one attached hydrogen (secondary N) is 3. The van der Waals surface area contributed by atoms with Gasteiger partial charge in [-0.3, -0.25) is 10.3 Å². The molecule has 6 aromatic rings. The van der Waals surface area contributed by atoms with Crippen molar-refractivity contribution >= 4 is 39.9 Å². The first-order valence-electron chi connectivity index (χ1n) is 16.3. The topological polar surface area (TPSA) is 128 Å². The summed E-state index contributed by atoms with van der Waals surface area (Å²) in [5.41, 5.74) is 6.04. The van der Waals surface area contributed by atoms with Gasteiger partial charge in [-0.25, -0.2) is 19.4 Å². The van der Waals surface area contributed by atoms with Gasteiger partial charge >= 0.3 is 6.03 Å². The number of fused-ring (bicyclic) bond motifs is 1. The van der Waals surface area contributed by atoms with Crippen LogP contribution in [0.1, 0.15) is 48.0 Å². The number of benzene rings is 3. The summed E-state index contributed by atoms with van der Waals surface area (Å²) in [5, 5.41) is 15.8. The Labute approximate surface area is 285 Å². The van der Waals surface area contributed by atoms with Crippen LogP contribution in [0.4, 0.5) is 27.9 Å². The molecule has 11 heteroatoms. The van der Waals surface area contributed by atoms with Gasteiger partial charge < -0.3 is 20.1 Å². The summed E-state index contributed by atoms with van der Waals surface area (Å²) in [4.78, 5) is 26.8. The van der Waals surface area contributed by atoms with Crippen molar-refractivity contribution in [2.24, 2.45) is 0 Å². The van der Waals surface area contributed by atoms with Gasteiger partial charge in [0.25, 0.3) is 0 Å². The van der Waals surface area contributed by atoms with Crippen LogP contribution in [0.25, 0.3) is 16.5 Å². The fraction of sp³-hybridized carbons (Fsp3) is 0.237. The molecule has 3 aromatic heterocycles. The van der Waals surface area contributed by atoms with Crippen molar-refractivity contribution in [2.45, 2.75) is 53.6 Å². The molecule has 49 heavy (non-hydrogen) atoms. The maximum atomic E-state index is 13.5. The molecule has 0 atom stereocenters. The van der Waals surface area contributed by atoms with E-state index >= 15 is 0 Å². The lowest BCUT2D eigenvalue weighted by atomic mass is 10.1. The molecule has 0 saturated carbocycles. The van der Waals surface area contributed by atoms with Crippen molar-refractivity contribution in [1.82, 2.24) is 24.7 Å². The SMILES string of the molecule is CCCCc1cc(NC(=O)Nc2ccc(OCc3ccnc(Nc4cnc(C)c(C)n4)c3)c3ccccc23)n(-c2ccc(C)c(OC)c2)n1. The van der Waals surface area contributed by atoms with E-state index in [0.29, 0.717) is 35.5 Å². The molecule has 0 unspecified atom stereocenters. The standard InChI is InChI=1S/C38H40N8O3/c1-6-7-10-28-20-37(46(45-28)29-14-13-24(2)34(21-29)48-5)44-38(47)42-32-15-16-33(31-12-9-8-11-30(31)32)49-23-27-17-18-39-35(19-27)43-36-22-40-25(3)26(4)41-36/h8-9,11-22H,6-7,10,23H2,1-5H3,(H,39,41,43)(H2,42,44,47). The van der Waals surface area contributed by atoms with Crippen molar-refractivity contribution in [3.63, 3.8) is 0 Å². The molecule has 3 N–H and O–H groups in total. The Hall–Kier alpha value is -5.97. The van der Waals surface area contributed by atoms with E-state index in [0.717, 1.165) is 69.7 Å². The fourth-order valence-electron chi connectivity index (χ4n) is 5.44. The number of methoxy groups -OCH3 is 1. The van der Waals surface area contributed by atoms with Gasteiger partial charge in [-0.05, 0) is 75.1 Å². The van der Waals surface area contributed by atoms with E-state index in [1.54, 1.807) is 24.2 Å². The number of urea groups is 1. The molecule has 0 aliphatic carbocycles. The number of aryl methyl sites for hydroxylation is 4. The zero-order chi connectivity index (χ0) is 34.3. The smallest absolute Gasteiger partial charge is 0.324 e. The molecule has 3 aromatic carbocycles. The maximum Gasteiger partial charge on any atom is 0.324 e. The Morgan fingerprint density at radius 3 is 2.49 bits per heavy atom. The molecule has 6 rings (SSSR count). The zero-order valence-electron chi connectivity index (χ0n) is 28.4. The molecule has 0 aliphatic heterocycles. The zero-order valence-corrected chi connectivity index (χ0v) is 28.4. The normalized spacial score (nSPS) is 11.0. The van der Waals surface area contributed by atoms with Crippen molar-refractivity contribution in [1.29, 1.82) is 0 Å². The maximum absolute atomic E-state index is 13.5. The third-order valence-electron chi connectivity index (χ3n) is 8.22. The summed E-state index contributed by atoms with van der Waals surface area (Å²) in [6, 6.07) is 22.8. The van der Waals surface area contributed by atoms with E-state index < -0.39 is 0 Å². The van der Waals surface area contributed by atoms with Gasteiger partial charge in [0.05, 0.1) is 41.8 Å². The minimum Gasteiger partial charge on any atom is -0.496 e. The molecule has 3 heterocycles. The third-order valence-corrected chi connectivity index (χ3v) is 8.22. The second-order valence-electron chi connectivity index (χ2n) is 11.8. The number of ether oxygens (including phenoxy) is 2. The first-order valence-corrected chi connectivity index (χ1v) is 16.3. The summed E-state index contributed by atoms with van der Waals surface area (Å²) < 4.78 is 13.6. The number of amides is 2. The molecule has 0 bridgehead atoms. The van der Waals surface area contributed by atoms with E-state index in [-0.39, 0.29) is 6.03 Å². The molecular formula is C38H40N8O3. The lowest BCUT2D eigenvalue weighted by molar-refractivity contribution is 0.262. The number of carbonyl (C=O) groups is 1. The highest BCUT2D eigenvalue weighted by Gasteiger charge is 2.16. The van der Waals surface area contributed by atoms with Crippen LogP contribution in [0, 0.1) is 20.8 Å². The first kappa shape index (κ1) is 33.0. The number of pyridine rings is 1. The molecule has 2 amide bonds. The average Bonchev–Trinajstić information content (AvgIpc) is 3.51. The van der Waals surface area contributed by atoms with Crippen LogP contribution in [0.15, 0.2) is 85.2 Å². The summed E-state index contributed by atoms with van der Waals surface area (Å²) >= 11 is 0. The quantitative estimate of drug-likeness (QED) is 0.120. The van der Waals surface area contributed by atoms with Crippen molar-refractivity contribution in [2.75, 3.05) is 23.1 Å². The Balaban J connectivity index is 1.18. The van der Waals surface area contributed by atoms with Gasteiger partial charge in [0.1, 0.15) is 35.6 Å². The van der Waals surface area contributed by atoms with Crippen LogP contribution in [0.3, 0.4) is 0 Å². The van der Waals surface area contributed by atoms with E-state index in [9.17, 15) is 4.79 Å². The first-order chi connectivity index (χ1) is 23.8. The highest BCUT2D eigenvalue weighted by atomic mass is 16.5. The van der Waals surface area contributed by atoms with Gasteiger partial charge in [0.2, 0.25) is 0 Å². The minimum absolute atomic E-state index is 0.321. The number of carbonyl (C=O) groups excluding carboxylic acids is 1. The molecule has 0 radical (unpaired) electrons. The lowest BCUT2D eigenvalue weighted by Gasteiger charge is -2.15. The van der Waals surface area contributed by atoms with Crippen LogP contribution in [0.2, 0.25) is 0 Å². The highest BCUT2D eigenvalue weighted by molar-refractivity contribution is 6.07. The second kappa shape index (κ2) is 14.8. The largest absolute Gasteiger partial charge is 0.496 e. The van der Waals surface area contributed by atoms with Crippen LogP contribution < -0.4 is 25.4 Å². The van der Waals surface area contributed by atoms with Crippen LogP contribution in [-0.2, 0) is 13.0 Å². The van der Waals surface area contributed by atoms with Gasteiger partial charge in [0, 0.05) is 29.1 Å².